The van der Waals surface area contributed by atoms with Crippen LogP contribution in [-0.2, 0) is 0 Å². The molecular formula is C17H27NO2. The highest BCUT2D eigenvalue weighted by molar-refractivity contribution is 5.31. The highest BCUT2D eigenvalue weighted by atomic mass is 16.5. The predicted octanol–water partition coefficient (Wildman–Crippen LogP) is 3.04. The van der Waals surface area contributed by atoms with Gasteiger partial charge in [-0.1, -0.05) is 31.4 Å². The normalized spacial score (nSPS) is 25.0. The van der Waals surface area contributed by atoms with E-state index < -0.39 is 18.5 Å². The van der Waals surface area contributed by atoms with Crippen molar-refractivity contribution in [1.82, 2.24) is 4.90 Å². The van der Waals surface area contributed by atoms with Crippen LogP contribution in [0, 0.1) is 0 Å². The highest BCUT2D eigenvalue weighted by Crippen LogP contribution is 2.40. The van der Waals surface area contributed by atoms with Crippen LogP contribution >= 0.6 is 0 Å². The van der Waals surface area contributed by atoms with Gasteiger partial charge in [0.05, 0.1) is 12.7 Å². The fraction of sp³-hybridized carbons (Fsp3) is 0.647. The van der Waals surface area contributed by atoms with Gasteiger partial charge in [0.25, 0.3) is 0 Å². The first kappa shape index (κ1) is 10.6. The molecule has 112 valence electrons. The van der Waals surface area contributed by atoms with Crippen molar-refractivity contribution in [2.45, 2.75) is 43.6 Å². The third-order valence-corrected chi connectivity index (χ3v) is 4.08. The molecular weight excluding hydrogens is 250 g/mol. The van der Waals surface area contributed by atoms with Crippen molar-refractivity contribution in [2.75, 3.05) is 27.7 Å². The van der Waals surface area contributed by atoms with Gasteiger partial charge in [0.1, 0.15) is 5.75 Å². The molecule has 20 heavy (non-hydrogen) atoms. The Morgan fingerprint density at radius 3 is 2.55 bits per heavy atom. The Hall–Kier alpha value is -1.06. The molecule has 1 aliphatic carbocycles. The molecule has 3 nitrogen and oxygen atoms in total. The SMILES string of the molecule is [2H]C([2H])([2H])N(C)CC([2H])(c1ccc(OC)cc1)C1(O)CCCCC1. The first-order chi connectivity index (χ1) is 11.1. The van der Waals surface area contributed by atoms with Crippen molar-refractivity contribution < 1.29 is 15.3 Å². The van der Waals surface area contributed by atoms with Crippen LogP contribution in [0.25, 0.3) is 0 Å². The molecule has 2 rings (SSSR count). The lowest BCUT2D eigenvalue weighted by Gasteiger charge is -2.40. The molecule has 0 heterocycles. The van der Waals surface area contributed by atoms with E-state index in [2.05, 4.69) is 0 Å². The number of nitrogens with zero attached hydrogens (tertiary/aromatic N) is 1. The van der Waals surface area contributed by atoms with Gasteiger partial charge in [-0.05, 0) is 44.6 Å². The Morgan fingerprint density at radius 1 is 1.35 bits per heavy atom. The van der Waals surface area contributed by atoms with Gasteiger partial charge in [0, 0.05) is 17.9 Å². The van der Waals surface area contributed by atoms with E-state index in [9.17, 15) is 5.11 Å². The van der Waals surface area contributed by atoms with Crippen LogP contribution in [0.1, 0.15) is 49.0 Å². The second-order valence-electron chi connectivity index (χ2n) is 5.66. The van der Waals surface area contributed by atoms with Crippen molar-refractivity contribution in [3.05, 3.63) is 29.8 Å². The van der Waals surface area contributed by atoms with Gasteiger partial charge in [0.15, 0.2) is 0 Å². The Balaban J connectivity index is 2.43. The predicted molar refractivity (Wildman–Crippen MR) is 82.3 cm³/mol. The van der Waals surface area contributed by atoms with Gasteiger partial charge >= 0.3 is 0 Å². The Kier molecular flexibility index (Phi) is 3.51. The molecule has 1 aromatic carbocycles. The zero-order chi connectivity index (χ0) is 18.0. The summed E-state index contributed by atoms with van der Waals surface area (Å²) >= 11 is 0. The van der Waals surface area contributed by atoms with E-state index in [4.69, 9.17) is 10.2 Å². The molecule has 1 saturated carbocycles. The topological polar surface area (TPSA) is 32.7 Å². The number of ether oxygens (including phenoxy) is 1. The second kappa shape index (κ2) is 6.59. The average Bonchev–Trinajstić information content (AvgIpc) is 2.54. The van der Waals surface area contributed by atoms with Crippen LogP contribution in [0.4, 0.5) is 0 Å². The summed E-state index contributed by atoms with van der Waals surface area (Å²) in [6.07, 6.45) is 3.76. The lowest BCUT2D eigenvalue weighted by atomic mass is 9.72. The third-order valence-electron chi connectivity index (χ3n) is 4.08. The maximum Gasteiger partial charge on any atom is 0.118 e. The number of hydrogen-bond donors (Lipinski definition) is 1. The van der Waals surface area contributed by atoms with Crippen molar-refractivity contribution in [3.8, 4) is 5.75 Å². The average molecular weight is 281 g/mol. The number of benzene rings is 1. The molecule has 0 aliphatic heterocycles. The fourth-order valence-corrected chi connectivity index (χ4v) is 2.97. The number of rotatable bonds is 5. The largest absolute Gasteiger partial charge is 0.497 e. The summed E-state index contributed by atoms with van der Waals surface area (Å²) in [7, 11) is 3.05. The van der Waals surface area contributed by atoms with Crippen LogP contribution in [-0.4, -0.2) is 43.3 Å². The highest BCUT2D eigenvalue weighted by Gasteiger charge is 2.38. The van der Waals surface area contributed by atoms with Gasteiger partial charge in [-0.15, -0.1) is 0 Å². The minimum atomic E-state index is -2.30. The van der Waals surface area contributed by atoms with Crippen molar-refractivity contribution in [3.63, 3.8) is 0 Å². The lowest BCUT2D eigenvalue weighted by Crippen LogP contribution is -2.42. The number of aliphatic hydroxyl groups is 1. The monoisotopic (exact) mass is 281 g/mol. The summed E-state index contributed by atoms with van der Waals surface area (Å²) in [5, 5.41) is 11.3. The Bertz CT molecular complexity index is 541. The fourth-order valence-electron chi connectivity index (χ4n) is 2.97. The first-order valence-corrected chi connectivity index (χ1v) is 7.21. The summed E-state index contributed by atoms with van der Waals surface area (Å²) in [5.41, 5.74) is -0.622. The van der Waals surface area contributed by atoms with Crippen molar-refractivity contribution in [2.24, 2.45) is 0 Å². The standard InChI is InChI=1S/C17H27NO2/c1-18(2)13-16(17(19)11-5-4-6-12-17)14-7-9-15(20-3)10-8-14/h7-10,16,19H,4-6,11-13H2,1-3H3/i1D3,16D. The Morgan fingerprint density at radius 2 is 2.00 bits per heavy atom. The first-order valence-electron chi connectivity index (χ1n) is 9.21. The van der Waals surface area contributed by atoms with Gasteiger partial charge in [-0.2, -0.15) is 0 Å². The quantitative estimate of drug-likeness (QED) is 0.900. The van der Waals surface area contributed by atoms with Crippen molar-refractivity contribution in [1.29, 1.82) is 0 Å². The number of hydrogen-bond acceptors (Lipinski definition) is 3. The zero-order valence-corrected chi connectivity index (χ0v) is 12.4. The van der Waals surface area contributed by atoms with Crippen LogP contribution < -0.4 is 4.74 Å². The molecule has 3 heteroatoms. The molecule has 1 aromatic rings. The summed E-state index contributed by atoms with van der Waals surface area (Å²) in [6, 6.07) is 7.01. The minimum absolute atomic E-state index is 0.0632. The van der Waals surface area contributed by atoms with Gasteiger partial charge in [-0.3, -0.25) is 0 Å². The number of methoxy groups -OCH3 is 1. The summed E-state index contributed by atoms with van der Waals surface area (Å²) in [6.45, 7) is -2.36. The minimum Gasteiger partial charge on any atom is -0.497 e. The van der Waals surface area contributed by atoms with E-state index in [1.54, 1.807) is 31.4 Å². The molecule has 1 fully saturated rings. The third kappa shape index (κ3) is 3.53. The summed E-state index contributed by atoms with van der Waals surface area (Å²) in [5.74, 6) is -0.746. The van der Waals surface area contributed by atoms with E-state index in [0.29, 0.717) is 24.2 Å². The van der Waals surface area contributed by atoms with E-state index in [0.717, 1.165) is 19.3 Å². The number of likely N-dealkylation sites (N-methyl/N-ethyl adjacent to an activating group) is 1. The van der Waals surface area contributed by atoms with Crippen LogP contribution in [0.2, 0.25) is 0 Å². The van der Waals surface area contributed by atoms with Crippen molar-refractivity contribution >= 4 is 0 Å². The molecule has 0 bridgehead atoms. The van der Waals surface area contributed by atoms with E-state index >= 15 is 0 Å². The molecule has 0 spiro atoms. The maximum absolute atomic E-state index is 11.3. The van der Waals surface area contributed by atoms with Gasteiger partial charge < -0.3 is 14.7 Å². The smallest absolute Gasteiger partial charge is 0.118 e. The molecule has 1 unspecified atom stereocenters. The molecule has 0 aromatic heterocycles. The Labute approximate surface area is 128 Å². The van der Waals surface area contributed by atoms with Crippen LogP contribution in [0.15, 0.2) is 24.3 Å². The van der Waals surface area contributed by atoms with Crippen LogP contribution in [0.3, 0.4) is 0 Å². The molecule has 0 amide bonds. The molecule has 1 N–H and O–H groups in total. The van der Waals surface area contributed by atoms with E-state index in [-0.39, 0.29) is 6.54 Å². The lowest BCUT2D eigenvalue weighted by molar-refractivity contribution is -0.0277. The molecule has 0 radical (unpaired) electrons. The van der Waals surface area contributed by atoms with Gasteiger partial charge in [0.2, 0.25) is 0 Å². The molecule has 1 atom stereocenters. The van der Waals surface area contributed by atoms with E-state index in [1.165, 1.54) is 11.9 Å². The van der Waals surface area contributed by atoms with Crippen LogP contribution in [0.5, 0.6) is 5.75 Å². The molecule has 1 aliphatic rings. The second-order valence-corrected chi connectivity index (χ2v) is 5.66. The van der Waals surface area contributed by atoms with E-state index in [1.807, 2.05) is 0 Å². The maximum atomic E-state index is 11.3. The molecule has 0 saturated heterocycles. The zero-order valence-electron chi connectivity index (χ0n) is 16.4. The van der Waals surface area contributed by atoms with Gasteiger partial charge in [-0.25, -0.2) is 0 Å². The summed E-state index contributed by atoms with van der Waals surface area (Å²) in [4.78, 5) is 1.18. The summed E-state index contributed by atoms with van der Waals surface area (Å²) < 4.78 is 37.1.